The Kier molecular flexibility index (Phi) is 6.20. The van der Waals surface area contributed by atoms with Gasteiger partial charge in [-0.25, -0.2) is 0 Å². The summed E-state index contributed by atoms with van der Waals surface area (Å²) in [6.07, 6.45) is 2.36. The fraction of sp³-hybridized carbons (Fsp3) is 0.625. The predicted octanol–water partition coefficient (Wildman–Crippen LogP) is 4.16. The summed E-state index contributed by atoms with van der Waals surface area (Å²) in [6, 6.07) is 8.36. The Morgan fingerprint density at radius 3 is 2.22 bits per heavy atom. The molecule has 1 aromatic rings. The molecule has 0 fully saturated rings. The van der Waals surface area contributed by atoms with E-state index in [4.69, 9.17) is 10.5 Å². The summed E-state index contributed by atoms with van der Waals surface area (Å²) in [6.45, 7) is 9.48. The van der Waals surface area contributed by atoms with E-state index in [1.807, 2.05) is 12.1 Å². The normalized spacial score (nSPS) is 14.6. The van der Waals surface area contributed by atoms with Gasteiger partial charge in [0, 0.05) is 6.04 Å². The van der Waals surface area contributed by atoms with E-state index in [1.54, 1.807) is 0 Å². The molecule has 1 aromatic carbocycles. The van der Waals surface area contributed by atoms with Crippen LogP contribution in [0.5, 0.6) is 5.75 Å². The molecule has 18 heavy (non-hydrogen) atoms. The zero-order chi connectivity index (χ0) is 13.5. The summed E-state index contributed by atoms with van der Waals surface area (Å²) >= 11 is 0. The average molecular weight is 249 g/mol. The van der Waals surface area contributed by atoms with Crippen molar-refractivity contribution < 1.29 is 4.74 Å². The van der Waals surface area contributed by atoms with Crippen LogP contribution in [0.1, 0.15) is 52.1 Å². The van der Waals surface area contributed by atoms with E-state index in [0.29, 0.717) is 11.8 Å². The third-order valence-electron chi connectivity index (χ3n) is 3.21. The average Bonchev–Trinajstić information content (AvgIpc) is 2.36. The summed E-state index contributed by atoms with van der Waals surface area (Å²) in [5, 5.41) is 0. The second-order valence-electron chi connectivity index (χ2n) is 5.57. The van der Waals surface area contributed by atoms with Crippen LogP contribution in [0.2, 0.25) is 0 Å². The first kappa shape index (κ1) is 15.0. The summed E-state index contributed by atoms with van der Waals surface area (Å²) in [7, 11) is 0. The molecule has 0 bridgehead atoms. The van der Waals surface area contributed by atoms with E-state index < -0.39 is 0 Å². The molecule has 2 nitrogen and oxygen atoms in total. The first-order valence-electron chi connectivity index (χ1n) is 7.03. The molecule has 0 amide bonds. The molecule has 0 saturated heterocycles. The van der Waals surface area contributed by atoms with Gasteiger partial charge in [-0.2, -0.15) is 0 Å². The molecule has 0 aliphatic carbocycles. The maximum Gasteiger partial charge on any atom is 0.119 e. The van der Waals surface area contributed by atoms with Crippen molar-refractivity contribution in [3.63, 3.8) is 0 Å². The van der Waals surface area contributed by atoms with Crippen LogP contribution in [0.3, 0.4) is 0 Å². The Labute approximate surface area is 112 Å². The van der Waals surface area contributed by atoms with E-state index in [2.05, 4.69) is 39.8 Å². The topological polar surface area (TPSA) is 35.2 Å². The number of hydrogen-bond donors (Lipinski definition) is 1. The third-order valence-corrected chi connectivity index (χ3v) is 3.21. The number of rotatable bonds is 7. The van der Waals surface area contributed by atoms with Crippen LogP contribution in [0.15, 0.2) is 24.3 Å². The van der Waals surface area contributed by atoms with Crippen molar-refractivity contribution in [2.24, 2.45) is 17.6 Å². The molecule has 2 N–H and O–H groups in total. The molecular weight excluding hydrogens is 222 g/mol. The summed E-state index contributed by atoms with van der Waals surface area (Å²) in [5.74, 6) is 2.01. The van der Waals surface area contributed by atoms with Gasteiger partial charge < -0.3 is 10.5 Å². The molecule has 0 heterocycles. The predicted molar refractivity (Wildman–Crippen MR) is 77.8 cm³/mol. The number of hydrogen-bond acceptors (Lipinski definition) is 2. The fourth-order valence-electron chi connectivity index (χ4n) is 2.01. The van der Waals surface area contributed by atoms with Gasteiger partial charge in [0.15, 0.2) is 0 Å². The smallest absolute Gasteiger partial charge is 0.119 e. The first-order valence-corrected chi connectivity index (χ1v) is 7.03. The summed E-state index contributed by atoms with van der Waals surface area (Å²) < 4.78 is 5.67. The molecule has 0 saturated carbocycles. The quantitative estimate of drug-likeness (QED) is 0.787. The lowest BCUT2D eigenvalue weighted by molar-refractivity contribution is 0.271. The molecule has 1 rings (SSSR count). The minimum Gasteiger partial charge on any atom is -0.493 e. The molecule has 2 atom stereocenters. The van der Waals surface area contributed by atoms with Crippen molar-refractivity contribution in [1.82, 2.24) is 0 Å². The lowest BCUT2D eigenvalue weighted by atomic mass is 9.92. The molecule has 2 heteroatoms. The highest BCUT2D eigenvalue weighted by Crippen LogP contribution is 2.24. The third kappa shape index (κ3) is 4.69. The zero-order valence-electron chi connectivity index (χ0n) is 12.1. The summed E-state index contributed by atoms with van der Waals surface area (Å²) in [4.78, 5) is 0. The highest BCUT2D eigenvalue weighted by atomic mass is 16.5. The second kappa shape index (κ2) is 7.42. The fourth-order valence-corrected chi connectivity index (χ4v) is 2.01. The van der Waals surface area contributed by atoms with E-state index in [-0.39, 0.29) is 6.04 Å². The van der Waals surface area contributed by atoms with Gasteiger partial charge in [0.2, 0.25) is 0 Å². The van der Waals surface area contributed by atoms with Gasteiger partial charge in [0.05, 0.1) is 6.61 Å². The van der Waals surface area contributed by atoms with Crippen LogP contribution in [0, 0.1) is 11.8 Å². The van der Waals surface area contributed by atoms with Crippen molar-refractivity contribution >= 4 is 0 Å². The van der Waals surface area contributed by atoms with Crippen LogP contribution in [-0.4, -0.2) is 6.61 Å². The SMILES string of the molecule is CCCC(C)C(N)c1ccc(OCC(C)C)cc1. The Hall–Kier alpha value is -1.02. The highest BCUT2D eigenvalue weighted by Gasteiger charge is 2.13. The molecule has 0 spiro atoms. The molecule has 0 aromatic heterocycles. The monoisotopic (exact) mass is 249 g/mol. The Morgan fingerprint density at radius 1 is 1.11 bits per heavy atom. The van der Waals surface area contributed by atoms with Crippen molar-refractivity contribution in [1.29, 1.82) is 0 Å². The molecule has 0 radical (unpaired) electrons. The van der Waals surface area contributed by atoms with Gasteiger partial charge in [-0.1, -0.05) is 46.2 Å². The maximum atomic E-state index is 6.26. The number of nitrogens with two attached hydrogens (primary N) is 1. The van der Waals surface area contributed by atoms with E-state index in [9.17, 15) is 0 Å². The van der Waals surface area contributed by atoms with E-state index in [1.165, 1.54) is 18.4 Å². The minimum atomic E-state index is 0.129. The second-order valence-corrected chi connectivity index (χ2v) is 5.57. The zero-order valence-corrected chi connectivity index (χ0v) is 12.1. The lowest BCUT2D eigenvalue weighted by Gasteiger charge is -2.20. The van der Waals surface area contributed by atoms with Gasteiger partial charge in [-0.3, -0.25) is 0 Å². The van der Waals surface area contributed by atoms with Crippen molar-refractivity contribution in [3.8, 4) is 5.75 Å². The Bertz CT molecular complexity index is 331. The van der Waals surface area contributed by atoms with Crippen LogP contribution < -0.4 is 10.5 Å². The molecule has 0 aliphatic heterocycles. The van der Waals surface area contributed by atoms with Crippen LogP contribution in [0.4, 0.5) is 0 Å². The summed E-state index contributed by atoms with van der Waals surface area (Å²) in [5.41, 5.74) is 7.46. The van der Waals surface area contributed by atoms with Crippen molar-refractivity contribution in [3.05, 3.63) is 29.8 Å². The van der Waals surface area contributed by atoms with Crippen LogP contribution in [-0.2, 0) is 0 Å². The molecule has 102 valence electrons. The Balaban J connectivity index is 2.58. The van der Waals surface area contributed by atoms with E-state index >= 15 is 0 Å². The Morgan fingerprint density at radius 2 is 1.72 bits per heavy atom. The molecule has 0 aliphatic rings. The lowest BCUT2D eigenvalue weighted by Crippen LogP contribution is -2.18. The number of ether oxygens (including phenoxy) is 1. The largest absolute Gasteiger partial charge is 0.493 e. The minimum absolute atomic E-state index is 0.129. The van der Waals surface area contributed by atoms with Crippen molar-refractivity contribution in [2.45, 2.75) is 46.6 Å². The molecule has 2 unspecified atom stereocenters. The highest BCUT2D eigenvalue weighted by molar-refractivity contribution is 5.29. The van der Waals surface area contributed by atoms with Gasteiger partial charge in [0.1, 0.15) is 5.75 Å². The van der Waals surface area contributed by atoms with Gasteiger partial charge in [-0.15, -0.1) is 0 Å². The van der Waals surface area contributed by atoms with Gasteiger partial charge in [-0.05, 0) is 36.0 Å². The molecular formula is C16H27NO. The van der Waals surface area contributed by atoms with Crippen LogP contribution >= 0.6 is 0 Å². The van der Waals surface area contributed by atoms with Crippen molar-refractivity contribution in [2.75, 3.05) is 6.61 Å². The first-order chi connectivity index (χ1) is 8.54. The van der Waals surface area contributed by atoms with Crippen LogP contribution in [0.25, 0.3) is 0 Å². The van der Waals surface area contributed by atoms with Gasteiger partial charge >= 0.3 is 0 Å². The number of benzene rings is 1. The standard InChI is InChI=1S/C16H27NO/c1-5-6-13(4)16(17)14-7-9-15(10-8-14)18-11-12(2)3/h7-10,12-13,16H,5-6,11,17H2,1-4H3. The van der Waals surface area contributed by atoms with Gasteiger partial charge in [0.25, 0.3) is 0 Å². The maximum absolute atomic E-state index is 6.26. The van der Waals surface area contributed by atoms with E-state index in [0.717, 1.165) is 12.4 Å².